The Balaban J connectivity index is 2.96. The molecule has 0 aliphatic heterocycles. The van der Waals surface area contributed by atoms with E-state index in [0.29, 0.717) is 5.56 Å². The summed E-state index contributed by atoms with van der Waals surface area (Å²) in [5.74, 6) is 0. The van der Waals surface area contributed by atoms with Crippen molar-refractivity contribution in [3.05, 3.63) is 17.0 Å². The number of hydrogen-bond donors (Lipinski definition) is 2. The van der Waals surface area contributed by atoms with E-state index in [0.717, 1.165) is 11.3 Å². The number of aliphatic hydroxyl groups excluding tert-OH is 1. The maximum absolute atomic E-state index is 11.8. The maximum Gasteiger partial charge on any atom is 0.250 e. The van der Waals surface area contributed by atoms with Gasteiger partial charge in [-0.25, -0.2) is 13.1 Å². The first-order valence-corrected chi connectivity index (χ1v) is 6.83. The Kier molecular flexibility index (Phi) is 3.55. The van der Waals surface area contributed by atoms with Crippen LogP contribution in [-0.2, 0) is 16.6 Å². The lowest BCUT2D eigenvalue weighted by Crippen LogP contribution is -2.40. The number of aliphatic hydroxyl groups is 1. The molecule has 1 rings (SSSR count). The summed E-state index contributed by atoms with van der Waals surface area (Å²) in [5.41, 5.74) is 0.122. The van der Waals surface area contributed by atoms with E-state index >= 15 is 0 Å². The summed E-state index contributed by atoms with van der Waals surface area (Å²) in [6.45, 7) is 5.21. The average molecular weight is 249 g/mol. The van der Waals surface area contributed by atoms with Gasteiger partial charge in [0.1, 0.15) is 4.21 Å². The first-order valence-electron chi connectivity index (χ1n) is 4.47. The largest absolute Gasteiger partial charge is 0.392 e. The van der Waals surface area contributed by atoms with Crippen molar-refractivity contribution in [3.8, 4) is 0 Å². The fraction of sp³-hybridized carbons (Fsp3) is 0.556. The molecule has 6 heteroatoms. The van der Waals surface area contributed by atoms with Crippen molar-refractivity contribution in [1.82, 2.24) is 4.72 Å². The van der Waals surface area contributed by atoms with Crippen molar-refractivity contribution in [1.29, 1.82) is 0 Å². The van der Waals surface area contributed by atoms with E-state index in [-0.39, 0.29) is 10.8 Å². The smallest absolute Gasteiger partial charge is 0.250 e. The van der Waals surface area contributed by atoms with Gasteiger partial charge in [0.25, 0.3) is 10.0 Å². The normalized spacial score (nSPS) is 13.1. The third kappa shape index (κ3) is 3.57. The van der Waals surface area contributed by atoms with Crippen LogP contribution in [0.1, 0.15) is 26.3 Å². The molecule has 0 amide bonds. The van der Waals surface area contributed by atoms with Gasteiger partial charge in [-0.05, 0) is 37.8 Å². The summed E-state index contributed by atoms with van der Waals surface area (Å²) >= 11 is 1.11. The van der Waals surface area contributed by atoms with Crippen molar-refractivity contribution in [3.63, 3.8) is 0 Å². The zero-order valence-corrected chi connectivity index (χ0v) is 10.6. The molecule has 0 atom stereocenters. The number of nitrogens with one attached hydrogen (secondary N) is 1. The van der Waals surface area contributed by atoms with Crippen LogP contribution in [0.25, 0.3) is 0 Å². The molecule has 0 spiro atoms. The molecule has 1 heterocycles. The SMILES string of the molecule is CC(C)(C)NS(=O)(=O)c1cc(CO)cs1. The standard InChI is InChI=1S/C9H15NO3S2/c1-9(2,3)10-15(12,13)8-4-7(5-11)6-14-8/h4,6,10-11H,5H2,1-3H3. The van der Waals surface area contributed by atoms with Gasteiger partial charge in [0.05, 0.1) is 6.61 Å². The highest BCUT2D eigenvalue weighted by atomic mass is 32.2. The quantitative estimate of drug-likeness (QED) is 0.849. The Bertz CT molecular complexity index is 428. The second-order valence-corrected chi connectivity index (χ2v) is 7.11. The lowest BCUT2D eigenvalue weighted by molar-refractivity contribution is 0.282. The van der Waals surface area contributed by atoms with E-state index in [1.54, 1.807) is 26.2 Å². The van der Waals surface area contributed by atoms with Gasteiger partial charge in [-0.2, -0.15) is 0 Å². The Morgan fingerprint density at radius 2 is 2.07 bits per heavy atom. The average Bonchev–Trinajstić information content (AvgIpc) is 2.47. The predicted octanol–water partition coefficient (Wildman–Crippen LogP) is 1.32. The molecule has 15 heavy (non-hydrogen) atoms. The molecule has 86 valence electrons. The van der Waals surface area contributed by atoms with Crippen molar-refractivity contribution in [2.45, 2.75) is 37.1 Å². The zero-order chi connectivity index (χ0) is 11.7. The van der Waals surface area contributed by atoms with Gasteiger partial charge in [-0.3, -0.25) is 0 Å². The van der Waals surface area contributed by atoms with E-state index in [4.69, 9.17) is 5.11 Å². The van der Waals surface area contributed by atoms with E-state index in [1.807, 2.05) is 0 Å². The number of sulfonamides is 1. The van der Waals surface area contributed by atoms with Crippen LogP contribution >= 0.6 is 11.3 Å². The Hall–Kier alpha value is -0.430. The van der Waals surface area contributed by atoms with Gasteiger partial charge in [-0.15, -0.1) is 11.3 Å². The summed E-state index contributed by atoms with van der Waals surface area (Å²) in [7, 11) is -3.45. The topological polar surface area (TPSA) is 66.4 Å². The molecule has 4 nitrogen and oxygen atoms in total. The summed E-state index contributed by atoms with van der Waals surface area (Å²) in [5, 5.41) is 10.5. The van der Waals surface area contributed by atoms with Gasteiger partial charge < -0.3 is 5.11 Å². The molecular formula is C9H15NO3S2. The second kappa shape index (κ2) is 4.21. The number of thiophene rings is 1. The molecule has 0 unspecified atom stereocenters. The molecule has 0 aromatic carbocycles. The van der Waals surface area contributed by atoms with E-state index < -0.39 is 15.6 Å². The summed E-state index contributed by atoms with van der Waals surface area (Å²) in [6.07, 6.45) is 0. The van der Waals surface area contributed by atoms with Crippen LogP contribution < -0.4 is 4.72 Å². The maximum atomic E-state index is 11.8. The van der Waals surface area contributed by atoms with E-state index in [2.05, 4.69) is 4.72 Å². The Labute approximate surface area is 94.0 Å². The van der Waals surface area contributed by atoms with Crippen molar-refractivity contribution < 1.29 is 13.5 Å². The van der Waals surface area contributed by atoms with Gasteiger partial charge in [-0.1, -0.05) is 0 Å². The molecule has 1 aromatic heterocycles. The third-order valence-corrected chi connectivity index (χ3v) is 4.76. The number of rotatable bonds is 3. The van der Waals surface area contributed by atoms with Crippen LogP contribution in [0.15, 0.2) is 15.7 Å². The minimum absolute atomic E-state index is 0.137. The van der Waals surface area contributed by atoms with Gasteiger partial charge in [0.15, 0.2) is 0 Å². The lowest BCUT2D eigenvalue weighted by atomic mass is 10.1. The van der Waals surface area contributed by atoms with Crippen LogP contribution in [0.5, 0.6) is 0 Å². The molecule has 2 N–H and O–H groups in total. The molecule has 0 radical (unpaired) electrons. The zero-order valence-electron chi connectivity index (χ0n) is 8.94. The van der Waals surface area contributed by atoms with Gasteiger partial charge in [0.2, 0.25) is 0 Å². The van der Waals surface area contributed by atoms with E-state index in [1.165, 1.54) is 6.07 Å². The summed E-state index contributed by atoms with van der Waals surface area (Å²) in [4.78, 5) is 0. The molecule has 0 saturated carbocycles. The Morgan fingerprint density at radius 3 is 2.47 bits per heavy atom. The molecule has 0 aliphatic rings. The van der Waals surface area contributed by atoms with E-state index in [9.17, 15) is 8.42 Å². The van der Waals surface area contributed by atoms with Gasteiger partial charge in [0, 0.05) is 5.54 Å². The van der Waals surface area contributed by atoms with Crippen molar-refractivity contribution >= 4 is 21.4 Å². The molecule has 1 aromatic rings. The molecule has 0 aliphatic carbocycles. The molecule has 0 saturated heterocycles. The summed E-state index contributed by atoms with van der Waals surface area (Å²) < 4.78 is 26.4. The van der Waals surface area contributed by atoms with Crippen LogP contribution in [0.4, 0.5) is 0 Å². The van der Waals surface area contributed by atoms with Crippen LogP contribution in [0, 0.1) is 0 Å². The summed E-state index contributed by atoms with van der Waals surface area (Å²) in [6, 6.07) is 1.48. The minimum Gasteiger partial charge on any atom is -0.392 e. The highest BCUT2D eigenvalue weighted by Gasteiger charge is 2.23. The second-order valence-electron chi connectivity index (χ2n) is 4.29. The van der Waals surface area contributed by atoms with Crippen LogP contribution in [0.3, 0.4) is 0 Å². The monoisotopic (exact) mass is 249 g/mol. The van der Waals surface area contributed by atoms with Crippen molar-refractivity contribution in [2.75, 3.05) is 0 Å². The third-order valence-electron chi connectivity index (χ3n) is 1.52. The highest BCUT2D eigenvalue weighted by Crippen LogP contribution is 2.21. The minimum atomic E-state index is -3.45. The molecule has 0 bridgehead atoms. The highest BCUT2D eigenvalue weighted by molar-refractivity contribution is 7.91. The molecular weight excluding hydrogens is 234 g/mol. The fourth-order valence-corrected chi connectivity index (χ4v) is 3.65. The lowest BCUT2D eigenvalue weighted by Gasteiger charge is -2.19. The predicted molar refractivity (Wildman–Crippen MR) is 60.3 cm³/mol. The fourth-order valence-electron chi connectivity index (χ4n) is 1.03. The van der Waals surface area contributed by atoms with Crippen LogP contribution in [-0.4, -0.2) is 19.1 Å². The Morgan fingerprint density at radius 1 is 1.47 bits per heavy atom. The van der Waals surface area contributed by atoms with Crippen LogP contribution in [0.2, 0.25) is 0 Å². The van der Waals surface area contributed by atoms with Gasteiger partial charge >= 0.3 is 0 Å². The molecule has 0 fully saturated rings. The van der Waals surface area contributed by atoms with Crippen molar-refractivity contribution in [2.24, 2.45) is 0 Å². The first-order chi connectivity index (χ1) is 6.74. The number of hydrogen-bond acceptors (Lipinski definition) is 4. The first kappa shape index (κ1) is 12.6.